The number of thiophene rings is 1. The molecule has 0 unspecified atom stereocenters. The van der Waals surface area contributed by atoms with Crippen LogP contribution in [0.25, 0.3) is 0 Å². The van der Waals surface area contributed by atoms with Gasteiger partial charge in [0.05, 0.1) is 0 Å². The smallest absolute Gasteiger partial charge is 0.196 e. The lowest BCUT2D eigenvalue weighted by Gasteiger charge is -2.19. The zero-order valence-electron chi connectivity index (χ0n) is 8.89. The molecule has 0 saturated carbocycles. The largest absolute Gasteiger partial charge is 0.352 e. The Morgan fingerprint density at radius 1 is 1.20 bits per heavy atom. The van der Waals surface area contributed by atoms with Crippen molar-refractivity contribution in [2.24, 2.45) is 4.99 Å². The number of fused-ring (bicyclic) bond motifs is 3. The van der Waals surface area contributed by atoms with E-state index in [1.807, 2.05) is 18.4 Å². The molecule has 0 amide bonds. The molecule has 4 heteroatoms. The van der Waals surface area contributed by atoms with Crippen molar-refractivity contribution in [2.45, 2.75) is 32.2 Å². The molecule has 1 aliphatic heterocycles. The highest BCUT2D eigenvalue weighted by Gasteiger charge is 2.23. The molecule has 0 bridgehead atoms. The summed E-state index contributed by atoms with van der Waals surface area (Å²) in [5.74, 6) is 0.904. The summed E-state index contributed by atoms with van der Waals surface area (Å²) in [7, 11) is 1.81. The number of aliphatic imine (C=N–C) groups is 1. The van der Waals surface area contributed by atoms with E-state index in [4.69, 9.17) is 0 Å². The minimum absolute atomic E-state index is 0.904. The van der Waals surface area contributed by atoms with E-state index in [0.717, 1.165) is 12.5 Å². The Morgan fingerprint density at radius 3 is 2.93 bits per heavy atom. The van der Waals surface area contributed by atoms with Crippen LogP contribution < -0.4 is 10.6 Å². The highest BCUT2D eigenvalue weighted by molar-refractivity contribution is 7.16. The third-order valence-corrected chi connectivity index (χ3v) is 4.42. The second kappa shape index (κ2) is 3.52. The second-order valence-corrected chi connectivity index (χ2v) is 5.17. The standard InChI is InChI=1S/C11H15N3S/c1-12-11-13-6-8-7-4-2-3-5-9(7)15-10(8)14-11/h2-6H2,1H3,(H2,12,13,14). The van der Waals surface area contributed by atoms with E-state index in [9.17, 15) is 0 Å². The Morgan fingerprint density at radius 2 is 2.07 bits per heavy atom. The quantitative estimate of drug-likeness (QED) is 0.704. The summed E-state index contributed by atoms with van der Waals surface area (Å²) >= 11 is 1.92. The van der Waals surface area contributed by atoms with Crippen LogP contribution in [0.4, 0.5) is 5.00 Å². The van der Waals surface area contributed by atoms with Crippen LogP contribution in [0.5, 0.6) is 0 Å². The topological polar surface area (TPSA) is 36.4 Å². The van der Waals surface area contributed by atoms with Crippen LogP contribution in [0, 0.1) is 0 Å². The van der Waals surface area contributed by atoms with Crippen LogP contribution in [0.15, 0.2) is 4.99 Å². The van der Waals surface area contributed by atoms with Gasteiger partial charge in [0.2, 0.25) is 0 Å². The monoisotopic (exact) mass is 221 g/mol. The van der Waals surface area contributed by atoms with Gasteiger partial charge >= 0.3 is 0 Å². The SMILES string of the molecule is CN=C1NCc2c(sc3c2CCCC3)N1. The molecule has 1 aromatic rings. The normalized spacial score (nSPS) is 21.5. The van der Waals surface area contributed by atoms with Gasteiger partial charge in [-0.25, -0.2) is 0 Å². The summed E-state index contributed by atoms with van der Waals surface area (Å²) in [4.78, 5) is 5.75. The summed E-state index contributed by atoms with van der Waals surface area (Å²) in [6.07, 6.45) is 5.25. The predicted octanol–water partition coefficient (Wildman–Crippen LogP) is 2.13. The van der Waals surface area contributed by atoms with Crippen molar-refractivity contribution < 1.29 is 0 Å². The van der Waals surface area contributed by atoms with Gasteiger partial charge in [-0.1, -0.05) is 0 Å². The van der Waals surface area contributed by atoms with Gasteiger partial charge in [-0.2, -0.15) is 0 Å². The van der Waals surface area contributed by atoms with Gasteiger partial charge < -0.3 is 10.6 Å². The molecular weight excluding hydrogens is 206 g/mol. The molecule has 0 radical (unpaired) electrons. The van der Waals surface area contributed by atoms with Crippen molar-refractivity contribution >= 4 is 22.3 Å². The summed E-state index contributed by atoms with van der Waals surface area (Å²) < 4.78 is 0. The summed E-state index contributed by atoms with van der Waals surface area (Å²) in [5.41, 5.74) is 3.10. The molecule has 3 nitrogen and oxygen atoms in total. The van der Waals surface area contributed by atoms with E-state index in [0.29, 0.717) is 0 Å². The van der Waals surface area contributed by atoms with Crippen LogP contribution in [0.3, 0.4) is 0 Å². The van der Waals surface area contributed by atoms with Gasteiger partial charge in [-0.15, -0.1) is 11.3 Å². The number of hydrogen-bond donors (Lipinski definition) is 2. The molecule has 3 rings (SSSR count). The lowest BCUT2D eigenvalue weighted by atomic mass is 9.95. The molecular formula is C11H15N3S. The minimum Gasteiger partial charge on any atom is -0.352 e. The van der Waals surface area contributed by atoms with Crippen LogP contribution in [0.2, 0.25) is 0 Å². The Hall–Kier alpha value is -1.03. The maximum atomic E-state index is 4.15. The zero-order valence-corrected chi connectivity index (χ0v) is 9.71. The fourth-order valence-electron chi connectivity index (χ4n) is 2.38. The lowest BCUT2D eigenvalue weighted by molar-refractivity contribution is 0.687. The number of anilines is 1. The molecule has 0 atom stereocenters. The van der Waals surface area contributed by atoms with Crippen LogP contribution in [-0.2, 0) is 19.4 Å². The highest BCUT2D eigenvalue weighted by atomic mass is 32.1. The van der Waals surface area contributed by atoms with Gasteiger partial charge in [0.15, 0.2) is 5.96 Å². The van der Waals surface area contributed by atoms with Crippen molar-refractivity contribution in [1.82, 2.24) is 5.32 Å². The molecule has 1 aliphatic carbocycles. The molecule has 0 saturated heterocycles. The third-order valence-electron chi connectivity index (χ3n) is 3.17. The van der Waals surface area contributed by atoms with Crippen LogP contribution in [0.1, 0.15) is 28.8 Å². The molecule has 2 N–H and O–H groups in total. The summed E-state index contributed by atoms with van der Waals surface area (Å²) in [6.45, 7) is 0.945. The van der Waals surface area contributed by atoms with E-state index < -0.39 is 0 Å². The molecule has 0 fully saturated rings. The Labute approximate surface area is 93.6 Å². The van der Waals surface area contributed by atoms with Crippen molar-refractivity contribution in [3.8, 4) is 0 Å². The van der Waals surface area contributed by atoms with E-state index >= 15 is 0 Å². The molecule has 0 aromatic carbocycles. The Balaban J connectivity index is 2.02. The van der Waals surface area contributed by atoms with Gasteiger partial charge in [-0.3, -0.25) is 4.99 Å². The fourth-order valence-corrected chi connectivity index (χ4v) is 3.69. The number of nitrogens with zero attached hydrogens (tertiary/aromatic N) is 1. The first-order valence-corrected chi connectivity index (χ1v) is 6.31. The van der Waals surface area contributed by atoms with Gasteiger partial charge in [-0.05, 0) is 31.2 Å². The van der Waals surface area contributed by atoms with E-state index in [2.05, 4.69) is 15.6 Å². The Kier molecular flexibility index (Phi) is 2.16. The first-order valence-electron chi connectivity index (χ1n) is 5.49. The van der Waals surface area contributed by atoms with Gasteiger partial charge in [0.25, 0.3) is 0 Å². The van der Waals surface area contributed by atoms with Crippen LogP contribution in [-0.4, -0.2) is 13.0 Å². The molecule has 1 aromatic heterocycles. The van der Waals surface area contributed by atoms with Gasteiger partial charge in [0, 0.05) is 24.0 Å². The first-order chi connectivity index (χ1) is 7.38. The van der Waals surface area contributed by atoms with Crippen LogP contribution >= 0.6 is 11.3 Å². The number of aryl methyl sites for hydroxylation is 1. The molecule has 0 spiro atoms. The first kappa shape index (κ1) is 9.21. The highest BCUT2D eigenvalue weighted by Crippen LogP contribution is 2.39. The lowest BCUT2D eigenvalue weighted by Crippen LogP contribution is -2.34. The second-order valence-electron chi connectivity index (χ2n) is 4.07. The predicted molar refractivity (Wildman–Crippen MR) is 64.8 cm³/mol. The summed E-state index contributed by atoms with van der Waals surface area (Å²) in [6, 6.07) is 0. The average molecular weight is 221 g/mol. The zero-order chi connectivity index (χ0) is 10.3. The molecule has 15 heavy (non-hydrogen) atoms. The fraction of sp³-hybridized carbons (Fsp3) is 0.545. The Bertz CT molecular complexity index is 420. The summed E-state index contributed by atoms with van der Waals surface area (Å²) in [5, 5.41) is 7.99. The van der Waals surface area contributed by atoms with Gasteiger partial charge in [0.1, 0.15) is 5.00 Å². The van der Waals surface area contributed by atoms with E-state index in [1.165, 1.54) is 36.2 Å². The molecule has 2 aliphatic rings. The number of guanidine groups is 1. The molecule has 2 heterocycles. The van der Waals surface area contributed by atoms with Crippen molar-refractivity contribution in [2.75, 3.05) is 12.4 Å². The third kappa shape index (κ3) is 1.44. The number of hydrogen-bond acceptors (Lipinski definition) is 2. The van der Waals surface area contributed by atoms with Crippen molar-refractivity contribution in [3.05, 3.63) is 16.0 Å². The van der Waals surface area contributed by atoms with Crippen molar-refractivity contribution in [3.63, 3.8) is 0 Å². The number of nitrogens with one attached hydrogen (secondary N) is 2. The van der Waals surface area contributed by atoms with Crippen molar-refractivity contribution in [1.29, 1.82) is 0 Å². The minimum atomic E-state index is 0.904. The maximum Gasteiger partial charge on any atom is 0.196 e. The van der Waals surface area contributed by atoms with E-state index in [-0.39, 0.29) is 0 Å². The maximum absolute atomic E-state index is 4.15. The average Bonchev–Trinajstić information content (AvgIpc) is 2.66. The molecule has 80 valence electrons. The van der Waals surface area contributed by atoms with E-state index in [1.54, 1.807) is 10.4 Å². The number of rotatable bonds is 0.